The molecule has 0 spiro atoms. The number of carbonyl (C=O) groups is 1. The summed E-state index contributed by atoms with van der Waals surface area (Å²) in [7, 11) is 0. The third-order valence-electron chi connectivity index (χ3n) is 4.71. The lowest BCUT2D eigenvalue weighted by atomic mass is 10.1. The molecule has 2 N–H and O–H groups in total. The molecule has 0 unspecified atom stereocenters. The molecule has 4 rings (SSSR count). The van der Waals surface area contributed by atoms with Crippen LogP contribution in [0.4, 0.5) is 32.0 Å². The van der Waals surface area contributed by atoms with Gasteiger partial charge in [-0.3, -0.25) is 9.89 Å². The number of nitrogens with one attached hydrogen (secondary N) is 2. The van der Waals surface area contributed by atoms with Crippen LogP contribution in [0, 0.1) is 0 Å². The van der Waals surface area contributed by atoms with Gasteiger partial charge in [-0.1, -0.05) is 53.7 Å². The molecule has 2 aromatic carbocycles. The van der Waals surface area contributed by atoms with E-state index in [0.29, 0.717) is 5.56 Å². The summed E-state index contributed by atoms with van der Waals surface area (Å²) in [6.07, 6.45) is -8.37. The molecule has 0 aliphatic carbocycles. The normalized spacial score (nSPS) is 12.1. The zero-order valence-corrected chi connectivity index (χ0v) is 16.9. The van der Waals surface area contributed by atoms with Gasteiger partial charge in [-0.2, -0.15) is 31.4 Å². The van der Waals surface area contributed by atoms with Gasteiger partial charge in [0.1, 0.15) is 17.9 Å². The predicted molar refractivity (Wildman–Crippen MR) is 108 cm³/mol. The summed E-state index contributed by atoms with van der Waals surface area (Å²) >= 11 is 0. The molecular formula is C21H14F6N6O. The number of anilines is 1. The quantitative estimate of drug-likeness (QED) is 0.393. The second kappa shape index (κ2) is 8.65. The van der Waals surface area contributed by atoms with Crippen LogP contribution in [0.1, 0.15) is 11.3 Å². The van der Waals surface area contributed by atoms with E-state index in [9.17, 15) is 31.1 Å². The third-order valence-corrected chi connectivity index (χ3v) is 4.71. The van der Waals surface area contributed by atoms with Gasteiger partial charge in [0, 0.05) is 11.1 Å². The first-order chi connectivity index (χ1) is 16.0. The second-order valence-electron chi connectivity index (χ2n) is 7.08. The lowest BCUT2D eigenvalue weighted by Crippen LogP contribution is -2.21. The van der Waals surface area contributed by atoms with Gasteiger partial charge in [0.2, 0.25) is 5.91 Å². The number of amides is 1. The first-order valence-electron chi connectivity index (χ1n) is 9.61. The van der Waals surface area contributed by atoms with Crippen molar-refractivity contribution >= 4 is 11.6 Å². The molecule has 13 heteroatoms. The van der Waals surface area contributed by atoms with Crippen LogP contribution in [-0.2, 0) is 23.7 Å². The number of halogens is 6. The monoisotopic (exact) mass is 480 g/mol. The van der Waals surface area contributed by atoms with Gasteiger partial charge in [-0.15, -0.1) is 5.10 Å². The molecule has 0 aliphatic rings. The zero-order chi connectivity index (χ0) is 24.5. The highest BCUT2D eigenvalue weighted by Gasteiger charge is 2.38. The minimum Gasteiger partial charge on any atom is -0.321 e. The maximum Gasteiger partial charge on any atom is 0.434 e. The minimum atomic E-state index is -4.83. The van der Waals surface area contributed by atoms with Crippen molar-refractivity contribution in [3.05, 3.63) is 72.1 Å². The first kappa shape index (κ1) is 23.0. The maximum atomic E-state index is 13.4. The molecule has 0 saturated carbocycles. The summed E-state index contributed by atoms with van der Waals surface area (Å²) in [5, 5.41) is 15.1. The lowest BCUT2D eigenvalue weighted by Gasteiger charge is -2.11. The van der Waals surface area contributed by atoms with E-state index in [1.807, 2.05) is 5.10 Å². The maximum absolute atomic E-state index is 13.4. The van der Waals surface area contributed by atoms with Crippen molar-refractivity contribution < 1.29 is 31.1 Å². The Morgan fingerprint density at radius 1 is 0.941 bits per heavy atom. The fraction of sp³-hybridized carbons (Fsp3) is 0.143. The summed E-state index contributed by atoms with van der Waals surface area (Å²) in [6, 6.07) is 12.6. The molecule has 0 radical (unpaired) electrons. The van der Waals surface area contributed by atoms with E-state index >= 15 is 0 Å². The number of benzene rings is 2. The molecule has 0 fully saturated rings. The van der Waals surface area contributed by atoms with Gasteiger partial charge in [-0.05, 0) is 6.07 Å². The highest BCUT2D eigenvalue weighted by atomic mass is 19.4. The lowest BCUT2D eigenvalue weighted by molar-refractivity contribution is -0.140. The second-order valence-corrected chi connectivity index (χ2v) is 7.08. The fourth-order valence-electron chi connectivity index (χ4n) is 3.25. The zero-order valence-electron chi connectivity index (χ0n) is 16.9. The smallest absolute Gasteiger partial charge is 0.321 e. The van der Waals surface area contributed by atoms with E-state index in [0.717, 1.165) is 16.9 Å². The SMILES string of the molecule is O=C(Cn1cc(-c2ccccc2C(F)(F)F)nn1)Nc1c(-c2ccccc2)n[nH]c1C(F)(F)F. The number of alkyl halides is 6. The Morgan fingerprint density at radius 2 is 1.62 bits per heavy atom. The Bertz CT molecular complexity index is 1310. The average Bonchev–Trinajstić information content (AvgIpc) is 3.41. The third kappa shape index (κ3) is 4.77. The van der Waals surface area contributed by atoms with Gasteiger partial charge < -0.3 is 5.32 Å². The van der Waals surface area contributed by atoms with Crippen LogP contribution in [0.25, 0.3) is 22.5 Å². The number of carbonyl (C=O) groups excluding carboxylic acids is 1. The predicted octanol–water partition coefficient (Wildman–Crippen LogP) is 5.01. The largest absolute Gasteiger partial charge is 0.434 e. The number of rotatable bonds is 5. The molecule has 2 aromatic heterocycles. The Balaban J connectivity index is 1.59. The molecular weight excluding hydrogens is 466 g/mol. The van der Waals surface area contributed by atoms with Crippen molar-refractivity contribution in [3.63, 3.8) is 0 Å². The van der Waals surface area contributed by atoms with Crippen molar-refractivity contribution in [3.8, 4) is 22.5 Å². The molecule has 176 valence electrons. The van der Waals surface area contributed by atoms with Crippen molar-refractivity contribution in [2.75, 3.05) is 5.32 Å². The van der Waals surface area contributed by atoms with Crippen molar-refractivity contribution in [1.29, 1.82) is 0 Å². The Labute approximate surface area is 187 Å². The molecule has 1 amide bonds. The molecule has 7 nitrogen and oxygen atoms in total. The Kier molecular flexibility index (Phi) is 5.85. The highest BCUT2D eigenvalue weighted by Crippen LogP contribution is 2.39. The van der Waals surface area contributed by atoms with Crippen LogP contribution in [-0.4, -0.2) is 31.1 Å². The van der Waals surface area contributed by atoms with Gasteiger partial charge in [0.05, 0.1) is 17.4 Å². The number of aromatic nitrogens is 5. The molecule has 0 bridgehead atoms. The summed E-state index contributed by atoms with van der Waals surface area (Å²) in [6.45, 7) is -0.599. The topological polar surface area (TPSA) is 88.5 Å². The van der Waals surface area contributed by atoms with E-state index in [-0.39, 0.29) is 17.0 Å². The van der Waals surface area contributed by atoms with Gasteiger partial charge in [0.25, 0.3) is 0 Å². The molecule has 2 heterocycles. The number of aromatic amines is 1. The van der Waals surface area contributed by atoms with Crippen molar-refractivity contribution in [2.24, 2.45) is 0 Å². The molecule has 0 aliphatic heterocycles. The molecule has 34 heavy (non-hydrogen) atoms. The van der Waals surface area contributed by atoms with Crippen LogP contribution in [0.2, 0.25) is 0 Å². The van der Waals surface area contributed by atoms with Gasteiger partial charge in [0.15, 0.2) is 5.69 Å². The van der Waals surface area contributed by atoms with E-state index in [4.69, 9.17) is 0 Å². The summed E-state index contributed by atoms with van der Waals surface area (Å²) in [5.74, 6) is -0.912. The van der Waals surface area contributed by atoms with Crippen LogP contribution < -0.4 is 5.32 Å². The van der Waals surface area contributed by atoms with Crippen molar-refractivity contribution in [1.82, 2.24) is 25.2 Å². The summed E-state index contributed by atoms with van der Waals surface area (Å²) in [4.78, 5) is 12.5. The van der Waals surface area contributed by atoms with E-state index < -0.39 is 41.7 Å². The van der Waals surface area contributed by atoms with Gasteiger partial charge in [-0.25, -0.2) is 4.68 Å². The number of H-pyrrole nitrogens is 1. The van der Waals surface area contributed by atoms with Crippen LogP contribution in [0.5, 0.6) is 0 Å². The minimum absolute atomic E-state index is 0.125. The standard InChI is InChI=1S/C21H14F6N6O/c22-20(23,24)14-9-5-4-8-13(14)15-10-33(32-29-15)11-16(34)28-18-17(12-6-2-1-3-7-12)30-31-19(18)21(25,26)27/h1-10H,11H2,(H,28,34)(H,30,31). The number of hydrogen-bond acceptors (Lipinski definition) is 4. The fourth-order valence-corrected chi connectivity index (χ4v) is 3.25. The first-order valence-corrected chi connectivity index (χ1v) is 9.61. The average molecular weight is 480 g/mol. The van der Waals surface area contributed by atoms with Crippen LogP contribution in [0.3, 0.4) is 0 Å². The van der Waals surface area contributed by atoms with Crippen LogP contribution in [0.15, 0.2) is 60.8 Å². The van der Waals surface area contributed by atoms with E-state index in [1.165, 1.54) is 30.3 Å². The van der Waals surface area contributed by atoms with Crippen LogP contribution >= 0.6 is 0 Å². The number of nitrogens with zero attached hydrogens (tertiary/aromatic N) is 4. The number of hydrogen-bond donors (Lipinski definition) is 2. The summed E-state index contributed by atoms with van der Waals surface area (Å²) in [5.41, 5.74) is -2.96. The summed E-state index contributed by atoms with van der Waals surface area (Å²) < 4.78 is 81.0. The van der Waals surface area contributed by atoms with E-state index in [2.05, 4.69) is 20.7 Å². The van der Waals surface area contributed by atoms with Crippen molar-refractivity contribution in [2.45, 2.75) is 18.9 Å². The van der Waals surface area contributed by atoms with E-state index in [1.54, 1.807) is 18.2 Å². The molecule has 0 atom stereocenters. The Morgan fingerprint density at radius 3 is 2.29 bits per heavy atom. The highest BCUT2D eigenvalue weighted by molar-refractivity contribution is 5.95. The Hall–Kier alpha value is -4.16. The molecule has 0 saturated heterocycles. The molecule has 4 aromatic rings. The van der Waals surface area contributed by atoms with Gasteiger partial charge >= 0.3 is 12.4 Å².